The van der Waals surface area contributed by atoms with Crippen LogP contribution in [0.4, 0.5) is 0 Å². The highest BCUT2D eigenvalue weighted by Gasteiger charge is 2.32. The molecule has 11 heteroatoms. The highest BCUT2D eigenvalue weighted by atomic mass is 32.2. The summed E-state index contributed by atoms with van der Waals surface area (Å²) < 4.78 is 37.6. The fraction of sp³-hybridized carbons (Fsp3) is 0.292. The molecule has 2 N–H and O–H groups in total. The molecule has 0 bridgehead atoms. The van der Waals surface area contributed by atoms with Gasteiger partial charge in [0.15, 0.2) is 5.76 Å². The number of carbonyl (C=O) groups excluding carboxylic acids is 2. The number of para-hydroxylation sites is 1. The van der Waals surface area contributed by atoms with E-state index in [2.05, 4.69) is 5.16 Å². The summed E-state index contributed by atoms with van der Waals surface area (Å²) in [6, 6.07) is 14.0. The Hall–Kier alpha value is -3.70. The van der Waals surface area contributed by atoms with Crippen LogP contribution in [-0.4, -0.2) is 67.4 Å². The van der Waals surface area contributed by atoms with Crippen molar-refractivity contribution in [1.82, 2.24) is 14.4 Å². The van der Waals surface area contributed by atoms with Crippen molar-refractivity contribution in [2.75, 3.05) is 32.8 Å². The van der Waals surface area contributed by atoms with Gasteiger partial charge in [-0.15, -0.1) is 0 Å². The van der Waals surface area contributed by atoms with Gasteiger partial charge in [-0.2, -0.15) is 4.31 Å². The number of ether oxygens (including phenoxy) is 1. The molecule has 0 radical (unpaired) electrons. The summed E-state index contributed by atoms with van der Waals surface area (Å²) in [5.74, 6) is -0.0634. The van der Waals surface area contributed by atoms with Gasteiger partial charge in [0.1, 0.15) is 10.6 Å². The maximum absolute atomic E-state index is 13.1. The molecule has 1 aliphatic rings. The molecular formula is C24H26N4O6S. The maximum atomic E-state index is 13.1. The normalized spacial score (nSPS) is 14.6. The number of aryl methyl sites for hydroxylation is 1. The van der Waals surface area contributed by atoms with Crippen LogP contribution in [0.5, 0.6) is 5.75 Å². The third kappa shape index (κ3) is 5.36. The summed E-state index contributed by atoms with van der Waals surface area (Å²) in [5, 5.41) is 3.55. The summed E-state index contributed by atoms with van der Waals surface area (Å²) in [7, 11) is -3.72. The molecule has 0 spiro atoms. The van der Waals surface area contributed by atoms with E-state index in [1.807, 2.05) is 6.07 Å². The SMILES string of the molecule is Cc1oncc1S(=O)(=O)N1CCN(C(=O)c2cccc(CCOc3ccccc3C(N)=O)c2)CC1. The first-order chi connectivity index (χ1) is 16.8. The Morgan fingerprint density at radius 1 is 1.09 bits per heavy atom. The van der Waals surface area contributed by atoms with Crippen LogP contribution in [0.3, 0.4) is 0 Å². The van der Waals surface area contributed by atoms with E-state index in [-0.39, 0.29) is 42.7 Å². The van der Waals surface area contributed by atoms with E-state index in [1.165, 1.54) is 10.5 Å². The quantitative estimate of drug-likeness (QED) is 0.500. The predicted molar refractivity (Wildman–Crippen MR) is 127 cm³/mol. The van der Waals surface area contributed by atoms with Gasteiger partial charge in [-0.25, -0.2) is 8.42 Å². The minimum Gasteiger partial charge on any atom is -0.492 e. The number of carbonyl (C=O) groups is 2. The Bertz CT molecular complexity index is 1330. The van der Waals surface area contributed by atoms with Crippen LogP contribution in [0.15, 0.2) is 64.1 Å². The van der Waals surface area contributed by atoms with Crippen LogP contribution in [0.25, 0.3) is 0 Å². The van der Waals surface area contributed by atoms with Crippen LogP contribution in [0.1, 0.15) is 32.0 Å². The van der Waals surface area contributed by atoms with Crippen molar-refractivity contribution in [2.45, 2.75) is 18.2 Å². The van der Waals surface area contributed by atoms with Gasteiger partial charge < -0.3 is 19.9 Å². The number of aromatic nitrogens is 1. The number of sulfonamides is 1. The van der Waals surface area contributed by atoms with Gasteiger partial charge in [0.2, 0.25) is 10.0 Å². The number of nitrogens with two attached hydrogens (primary N) is 1. The van der Waals surface area contributed by atoms with Gasteiger partial charge in [-0.05, 0) is 36.8 Å². The lowest BCUT2D eigenvalue weighted by atomic mass is 10.1. The molecule has 1 fully saturated rings. The molecule has 1 aliphatic heterocycles. The average Bonchev–Trinajstić information content (AvgIpc) is 3.31. The number of hydrogen-bond acceptors (Lipinski definition) is 7. The first-order valence-electron chi connectivity index (χ1n) is 11.1. The Morgan fingerprint density at radius 3 is 2.51 bits per heavy atom. The van der Waals surface area contributed by atoms with Crippen LogP contribution < -0.4 is 10.5 Å². The molecule has 4 rings (SSSR count). The molecule has 1 aromatic heterocycles. The monoisotopic (exact) mass is 498 g/mol. The fourth-order valence-electron chi connectivity index (χ4n) is 3.93. The number of benzene rings is 2. The third-order valence-corrected chi connectivity index (χ3v) is 7.82. The standard InChI is InChI=1S/C24H26N4O6S/c1-17-22(16-26-34-17)35(31,32)28-12-10-27(11-13-28)24(30)19-6-4-5-18(15-19)9-14-33-21-8-3-2-7-20(21)23(25)29/h2-8,15-16H,9-14H2,1H3,(H2,25,29). The lowest BCUT2D eigenvalue weighted by molar-refractivity contribution is 0.0697. The molecule has 2 aromatic carbocycles. The van der Waals surface area contributed by atoms with Crippen LogP contribution >= 0.6 is 0 Å². The van der Waals surface area contributed by atoms with E-state index in [0.717, 1.165) is 5.56 Å². The Morgan fingerprint density at radius 2 is 1.83 bits per heavy atom. The molecule has 2 heterocycles. The van der Waals surface area contributed by atoms with Crippen molar-refractivity contribution in [2.24, 2.45) is 5.73 Å². The van der Waals surface area contributed by atoms with Crippen LogP contribution in [-0.2, 0) is 16.4 Å². The van der Waals surface area contributed by atoms with Crippen molar-refractivity contribution in [1.29, 1.82) is 0 Å². The zero-order valence-electron chi connectivity index (χ0n) is 19.2. The Balaban J connectivity index is 1.35. The molecular weight excluding hydrogens is 472 g/mol. The molecule has 0 unspecified atom stereocenters. The van der Waals surface area contributed by atoms with E-state index >= 15 is 0 Å². The van der Waals surface area contributed by atoms with Crippen molar-refractivity contribution in [3.63, 3.8) is 0 Å². The smallest absolute Gasteiger partial charge is 0.253 e. The van der Waals surface area contributed by atoms with Gasteiger partial charge in [0.25, 0.3) is 11.8 Å². The highest BCUT2D eigenvalue weighted by Crippen LogP contribution is 2.22. The number of amides is 2. The summed E-state index contributed by atoms with van der Waals surface area (Å²) in [6.07, 6.45) is 1.72. The van der Waals surface area contributed by atoms with Crippen LogP contribution in [0, 0.1) is 6.92 Å². The summed E-state index contributed by atoms with van der Waals surface area (Å²) in [5.41, 5.74) is 7.12. The summed E-state index contributed by atoms with van der Waals surface area (Å²) >= 11 is 0. The summed E-state index contributed by atoms with van der Waals surface area (Å²) in [4.78, 5) is 26.3. The first-order valence-corrected chi connectivity index (χ1v) is 12.5. The summed E-state index contributed by atoms with van der Waals surface area (Å²) in [6.45, 7) is 2.78. The second kappa shape index (κ2) is 10.3. The van der Waals surface area contributed by atoms with E-state index in [0.29, 0.717) is 29.9 Å². The molecule has 10 nitrogen and oxygen atoms in total. The largest absolute Gasteiger partial charge is 0.492 e. The molecule has 3 aromatic rings. The predicted octanol–water partition coefficient (Wildman–Crippen LogP) is 1.85. The van der Waals surface area contributed by atoms with Gasteiger partial charge in [-0.3, -0.25) is 9.59 Å². The van der Waals surface area contributed by atoms with E-state index in [1.54, 1.807) is 54.3 Å². The number of rotatable bonds is 8. The van der Waals surface area contributed by atoms with Crippen molar-refractivity contribution < 1.29 is 27.3 Å². The second-order valence-electron chi connectivity index (χ2n) is 8.10. The Labute approximate surface area is 203 Å². The number of hydrogen-bond donors (Lipinski definition) is 1. The first kappa shape index (κ1) is 24.4. The number of primary amides is 1. The Kier molecular flexibility index (Phi) is 7.17. The van der Waals surface area contributed by atoms with Gasteiger partial charge in [0.05, 0.1) is 18.4 Å². The highest BCUT2D eigenvalue weighted by molar-refractivity contribution is 7.89. The van der Waals surface area contributed by atoms with E-state index in [9.17, 15) is 18.0 Å². The second-order valence-corrected chi connectivity index (χ2v) is 10.0. The third-order valence-electron chi connectivity index (χ3n) is 5.83. The molecule has 2 amide bonds. The van der Waals surface area contributed by atoms with Gasteiger partial charge in [0, 0.05) is 38.2 Å². The molecule has 184 valence electrons. The van der Waals surface area contributed by atoms with Crippen molar-refractivity contribution >= 4 is 21.8 Å². The molecule has 0 atom stereocenters. The number of nitrogens with zero attached hydrogens (tertiary/aromatic N) is 3. The number of piperazine rings is 1. The molecule has 0 saturated carbocycles. The minimum absolute atomic E-state index is 0.0469. The topological polar surface area (TPSA) is 136 Å². The maximum Gasteiger partial charge on any atom is 0.253 e. The molecule has 0 aliphatic carbocycles. The van der Waals surface area contributed by atoms with Crippen molar-refractivity contribution in [3.8, 4) is 5.75 Å². The zero-order valence-corrected chi connectivity index (χ0v) is 20.0. The fourth-order valence-corrected chi connectivity index (χ4v) is 5.42. The molecule has 35 heavy (non-hydrogen) atoms. The van der Waals surface area contributed by atoms with Gasteiger partial charge in [-0.1, -0.05) is 29.4 Å². The lowest BCUT2D eigenvalue weighted by Crippen LogP contribution is -2.50. The van der Waals surface area contributed by atoms with Crippen molar-refractivity contribution in [3.05, 3.63) is 77.2 Å². The average molecular weight is 499 g/mol. The minimum atomic E-state index is -3.72. The molecule has 1 saturated heterocycles. The van der Waals surface area contributed by atoms with Gasteiger partial charge >= 0.3 is 0 Å². The van der Waals surface area contributed by atoms with Crippen LogP contribution in [0.2, 0.25) is 0 Å². The van der Waals surface area contributed by atoms with E-state index < -0.39 is 15.9 Å². The zero-order chi connectivity index (χ0) is 25.0. The lowest BCUT2D eigenvalue weighted by Gasteiger charge is -2.33. The van der Waals surface area contributed by atoms with E-state index in [4.69, 9.17) is 15.0 Å².